The zero-order valence-electron chi connectivity index (χ0n) is 53.3. The van der Waals surface area contributed by atoms with E-state index in [1.165, 1.54) is 165 Å². The molecular formula is C90H65N5. The second-order valence-electron chi connectivity index (χ2n) is 27.2. The van der Waals surface area contributed by atoms with Crippen LogP contribution < -0.4 is 0 Å². The van der Waals surface area contributed by atoms with E-state index in [0.717, 1.165) is 48.4 Å². The Morgan fingerprint density at radius 2 is 0.789 bits per heavy atom. The summed E-state index contributed by atoms with van der Waals surface area (Å²) in [6.07, 6.45) is 10.6. The molecule has 0 saturated carbocycles. The van der Waals surface area contributed by atoms with Gasteiger partial charge in [-0.05, 0) is 186 Å². The highest BCUT2D eigenvalue weighted by Gasteiger charge is 2.39. The molecule has 18 aromatic rings. The van der Waals surface area contributed by atoms with Gasteiger partial charge in [0, 0.05) is 87.7 Å². The van der Waals surface area contributed by atoms with E-state index in [4.69, 9.17) is 0 Å². The molecule has 0 radical (unpaired) electrons. The molecule has 0 unspecified atom stereocenters. The standard InChI is InChI=1S/C90H65N5/c1-56-33-45-79-74(49-56)70-40-39-67-73-52-57(35-44-77(73)90(2,3)85(67)87(70)93(79)63-25-13-6-14-26-63)50-58-37-47-81-76(54-58)71-42-41-68-66-38-34-60(55-83(66)95(65-29-17-8-18-30-65)88(68)89(71)94(81)64-27-15-7-16-28-64)51-59-36-46-80-75(53-59)69-43-48-82-84(86(69)92(80)62-23-11-5-12-24-62)72-31-19-20-32-78(72)91(82)61-21-9-4-10-22-61/h4-13,15-25,27-49,52-55H,14,26,50-51H2,1-3H3. The number of allylic oxidation sites excluding steroid dienone is 4. The summed E-state index contributed by atoms with van der Waals surface area (Å²) in [6, 6.07) is 103. The van der Waals surface area contributed by atoms with E-state index in [2.05, 4.69) is 335 Å². The SMILES string of the molecule is Cc1ccc2c(c1)c1ccc3c(c1n2C1=CC=CCC1)C(C)(C)c1ccc(Cc2ccc4c(c2)c2ccc5c6ccc(Cc7ccc8c(c7)c7ccc9c(c%10ccccc%10n9-c9ccccc9)c7n8-c7ccccc7)cc6n(-c6ccccc6)c5c2n4-c2ccccc2)cc1-3. The Balaban J connectivity index is 0.724. The monoisotopic (exact) mass is 1220 g/mol. The summed E-state index contributed by atoms with van der Waals surface area (Å²) in [4.78, 5) is 0. The smallest absolute Gasteiger partial charge is 0.0788 e. The van der Waals surface area contributed by atoms with Gasteiger partial charge in [0.15, 0.2) is 0 Å². The summed E-state index contributed by atoms with van der Waals surface area (Å²) in [5.74, 6) is 0. The molecule has 0 N–H and O–H groups in total. The lowest BCUT2D eigenvalue weighted by Crippen LogP contribution is -2.17. The topological polar surface area (TPSA) is 24.6 Å². The van der Waals surface area contributed by atoms with E-state index in [0.29, 0.717) is 0 Å². The first-order valence-electron chi connectivity index (χ1n) is 33.6. The molecule has 13 aromatic carbocycles. The van der Waals surface area contributed by atoms with Crippen LogP contribution in [0.3, 0.4) is 0 Å². The molecule has 0 amide bonds. The van der Waals surface area contributed by atoms with E-state index < -0.39 is 0 Å². The Morgan fingerprint density at radius 1 is 0.326 bits per heavy atom. The lowest BCUT2D eigenvalue weighted by atomic mass is 9.81. The summed E-state index contributed by atoms with van der Waals surface area (Å²) in [5.41, 5.74) is 30.1. The van der Waals surface area contributed by atoms with Crippen LogP contribution in [0, 0.1) is 6.92 Å². The van der Waals surface area contributed by atoms with Crippen LogP contribution >= 0.6 is 0 Å². The van der Waals surface area contributed by atoms with E-state index in [1.54, 1.807) is 0 Å². The van der Waals surface area contributed by atoms with Gasteiger partial charge in [0.1, 0.15) is 0 Å². The van der Waals surface area contributed by atoms with Gasteiger partial charge in [-0.25, -0.2) is 0 Å². The second-order valence-corrected chi connectivity index (χ2v) is 27.2. The van der Waals surface area contributed by atoms with Crippen LogP contribution in [-0.2, 0) is 18.3 Å². The molecule has 95 heavy (non-hydrogen) atoms. The minimum atomic E-state index is -0.188. The van der Waals surface area contributed by atoms with Crippen LogP contribution in [-0.4, -0.2) is 22.8 Å². The molecule has 5 nitrogen and oxygen atoms in total. The molecule has 0 spiro atoms. The molecule has 5 heteroatoms. The molecule has 5 aromatic heterocycles. The number of nitrogens with zero attached hydrogens (tertiary/aromatic N) is 5. The Labute approximate surface area is 550 Å². The van der Waals surface area contributed by atoms with Crippen molar-refractivity contribution in [1.82, 2.24) is 22.8 Å². The predicted molar refractivity (Wildman–Crippen MR) is 400 cm³/mol. The third-order valence-corrected chi connectivity index (χ3v) is 21.3. The molecule has 2 aliphatic rings. The Bertz CT molecular complexity index is 6340. The highest BCUT2D eigenvalue weighted by molar-refractivity contribution is 6.27. The zero-order valence-corrected chi connectivity index (χ0v) is 53.3. The van der Waals surface area contributed by atoms with Gasteiger partial charge >= 0.3 is 0 Å². The van der Waals surface area contributed by atoms with Gasteiger partial charge in [-0.1, -0.05) is 201 Å². The number of aromatic nitrogens is 5. The maximum Gasteiger partial charge on any atom is 0.0788 e. The summed E-state index contributed by atoms with van der Waals surface area (Å²) in [7, 11) is 0. The van der Waals surface area contributed by atoms with Crippen LogP contribution in [0.25, 0.3) is 149 Å². The molecule has 0 aliphatic heterocycles. The lowest BCUT2D eigenvalue weighted by Gasteiger charge is -2.24. The molecule has 0 fully saturated rings. The summed E-state index contributed by atoms with van der Waals surface area (Å²) in [6.45, 7) is 7.11. The highest BCUT2D eigenvalue weighted by Crippen LogP contribution is 2.54. The van der Waals surface area contributed by atoms with Crippen molar-refractivity contribution in [1.29, 1.82) is 0 Å². The lowest BCUT2D eigenvalue weighted by molar-refractivity contribution is 0.663. The average Bonchev–Trinajstić information content (AvgIpc) is 1.56. The van der Waals surface area contributed by atoms with Gasteiger partial charge in [-0.2, -0.15) is 0 Å². The first-order chi connectivity index (χ1) is 46.8. The minimum absolute atomic E-state index is 0.188. The number of para-hydroxylation sites is 5. The first kappa shape index (κ1) is 53.9. The fraction of sp³-hybridized carbons (Fsp3) is 0.0889. The number of fused-ring (bicyclic) bond motifs is 21. The summed E-state index contributed by atoms with van der Waals surface area (Å²) in [5, 5.41) is 12.7. The van der Waals surface area contributed by atoms with Crippen molar-refractivity contribution in [3.8, 4) is 33.9 Å². The van der Waals surface area contributed by atoms with Crippen molar-refractivity contribution in [2.75, 3.05) is 0 Å². The normalized spacial score (nSPS) is 13.7. The van der Waals surface area contributed by atoms with Gasteiger partial charge in [-0.15, -0.1) is 0 Å². The van der Waals surface area contributed by atoms with Crippen LogP contribution in [0.1, 0.15) is 65.6 Å². The fourth-order valence-electron chi connectivity index (χ4n) is 17.2. The van der Waals surface area contributed by atoms with Crippen molar-refractivity contribution in [2.24, 2.45) is 0 Å². The van der Waals surface area contributed by atoms with Crippen LogP contribution in [0.15, 0.2) is 291 Å². The average molecular weight is 1220 g/mol. The second kappa shape index (κ2) is 20.4. The molecule has 20 rings (SSSR count). The Morgan fingerprint density at radius 3 is 1.44 bits per heavy atom. The zero-order chi connectivity index (χ0) is 62.8. The largest absolute Gasteiger partial charge is 0.313 e. The highest BCUT2D eigenvalue weighted by atomic mass is 15.1. The fourth-order valence-corrected chi connectivity index (χ4v) is 17.2. The van der Waals surface area contributed by atoms with Crippen molar-refractivity contribution < 1.29 is 0 Å². The molecule has 450 valence electrons. The number of aryl methyl sites for hydroxylation is 1. The Hall–Kier alpha value is -11.7. The van der Waals surface area contributed by atoms with Crippen LogP contribution in [0.2, 0.25) is 0 Å². The number of rotatable bonds is 9. The molecular weight excluding hydrogens is 1150 g/mol. The number of hydrogen-bond acceptors (Lipinski definition) is 0. The maximum absolute atomic E-state index is 2.60. The van der Waals surface area contributed by atoms with Gasteiger partial charge in [0.25, 0.3) is 0 Å². The van der Waals surface area contributed by atoms with E-state index in [9.17, 15) is 0 Å². The van der Waals surface area contributed by atoms with Gasteiger partial charge in [-0.3, -0.25) is 0 Å². The van der Waals surface area contributed by atoms with Crippen molar-refractivity contribution in [3.63, 3.8) is 0 Å². The molecule has 5 heterocycles. The van der Waals surface area contributed by atoms with Crippen molar-refractivity contribution >= 4 is 115 Å². The predicted octanol–water partition coefficient (Wildman–Crippen LogP) is 23.2. The van der Waals surface area contributed by atoms with Gasteiger partial charge in [0.05, 0.1) is 55.2 Å². The molecule has 0 bridgehead atoms. The Kier molecular flexibility index (Phi) is 11.6. The maximum atomic E-state index is 2.60. The van der Waals surface area contributed by atoms with Crippen LogP contribution in [0.4, 0.5) is 0 Å². The summed E-state index contributed by atoms with van der Waals surface area (Å²) < 4.78 is 12.6. The van der Waals surface area contributed by atoms with Crippen molar-refractivity contribution in [2.45, 2.75) is 51.9 Å². The molecule has 2 aliphatic carbocycles. The summed E-state index contributed by atoms with van der Waals surface area (Å²) >= 11 is 0. The van der Waals surface area contributed by atoms with Gasteiger partial charge < -0.3 is 22.8 Å². The van der Waals surface area contributed by atoms with Gasteiger partial charge in [0.2, 0.25) is 0 Å². The minimum Gasteiger partial charge on any atom is -0.313 e. The number of benzene rings is 13. The van der Waals surface area contributed by atoms with E-state index >= 15 is 0 Å². The van der Waals surface area contributed by atoms with Crippen molar-refractivity contribution in [3.05, 3.63) is 330 Å². The van der Waals surface area contributed by atoms with E-state index in [-0.39, 0.29) is 5.41 Å². The van der Waals surface area contributed by atoms with Crippen LogP contribution in [0.5, 0.6) is 0 Å². The molecule has 0 atom stereocenters. The number of hydrogen-bond donors (Lipinski definition) is 0. The molecule has 0 saturated heterocycles. The third-order valence-electron chi connectivity index (χ3n) is 21.3. The first-order valence-corrected chi connectivity index (χ1v) is 33.6. The third kappa shape index (κ3) is 7.90. The quantitative estimate of drug-likeness (QED) is 0.138. The van der Waals surface area contributed by atoms with E-state index in [1.807, 2.05) is 0 Å².